The number of nitrogens with one attached hydrogen (secondary N) is 2. The first-order valence-corrected chi connectivity index (χ1v) is 9.24. The summed E-state index contributed by atoms with van der Waals surface area (Å²) in [4.78, 5) is 12.3. The Bertz CT molecular complexity index is 823. The second-order valence-electron chi connectivity index (χ2n) is 4.66. The van der Waals surface area contributed by atoms with E-state index in [1.54, 1.807) is 30.3 Å². The van der Waals surface area contributed by atoms with Gasteiger partial charge in [-0.1, -0.05) is 39.7 Å². The van der Waals surface area contributed by atoms with Crippen LogP contribution in [0.1, 0.15) is 15.9 Å². The second-order valence-corrected chi connectivity index (χ2v) is 7.87. The molecule has 5 nitrogen and oxygen atoms in total. The molecule has 0 aliphatic carbocycles. The number of rotatable bonds is 5. The molecular formula is C15H14BrClN2O3S. The first-order valence-electron chi connectivity index (χ1n) is 6.59. The van der Waals surface area contributed by atoms with Gasteiger partial charge in [0.25, 0.3) is 5.91 Å². The molecule has 0 saturated carbocycles. The topological polar surface area (TPSA) is 75.3 Å². The Balaban J connectivity index is 2.05. The maximum Gasteiger partial charge on any atom is 0.253 e. The average molecular weight is 418 g/mol. The van der Waals surface area contributed by atoms with Crippen LogP contribution in [0.5, 0.6) is 0 Å². The molecule has 122 valence electrons. The van der Waals surface area contributed by atoms with Crippen molar-refractivity contribution in [2.24, 2.45) is 0 Å². The summed E-state index contributed by atoms with van der Waals surface area (Å²) >= 11 is 9.31. The lowest BCUT2D eigenvalue weighted by molar-refractivity contribution is 0.0951. The Morgan fingerprint density at radius 1 is 1.17 bits per heavy atom. The Morgan fingerprint density at radius 3 is 2.39 bits per heavy atom. The molecule has 2 N–H and O–H groups in total. The van der Waals surface area contributed by atoms with Crippen LogP contribution >= 0.6 is 27.5 Å². The molecule has 0 aromatic heterocycles. The van der Waals surface area contributed by atoms with Gasteiger partial charge in [0, 0.05) is 11.0 Å². The number of amides is 1. The summed E-state index contributed by atoms with van der Waals surface area (Å²) in [5.41, 5.74) is 1.16. The number of sulfonamides is 1. The van der Waals surface area contributed by atoms with Crippen molar-refractivity contribution in [1.82, 2.24) is 10.0 Å². The van der Waals surface area contributed by atoms with Crippen LogP contribution in [0.25, 0.3) is 0 Å². The zero-order chi connectivity index (χ0) is 17.0. The summed E-state index contributed by atoms with van der Waals surface area (Å²) in [6.07, 6.45) is 0. The summed E-state index contributed by atoms with van der Waals surface area (Å²) in [6.45, 7) is 0.269. The monoisotopic (exact) mass is 416 g/mol. The largest absolute Gasteiger partial charge is 0.348 e. The molecule has 0 atom stereocenters. The average Bonchev–Trinajstić information content (AvgIpc) is 2.53. The van der Waals surface area contributed by atoms with Gasteiger partial charge in [0.05, 0.1) is 15.5 Å². The van der Waals surface area contributed by atoms with Gasteiger partial charge in [-0.3, -0.25) is 4.79 Å². The molecule has 0 radical (unpaired) electrons. The number of carbonyl (C=O) groups is 1. The number of benzene rings is 2. The van der Waals surface area contributed by atoms with E-state index >= 15 is 0 Å². The lowest BCUT2D eigenvalue weighted by Gasteiger charge is -2.08. The van der Waals surface area contributed by atoms with E-state index in [-0.39, 0.29) is 17.3 Å². The fraction of sp³-hybridized carbons (Fsp3) is 0.133. The molecule has 0 spiro atoms. The maximum absolute atomic E-state index is 12.1. The molecule has 0 bridgehead atoms. The molecule has 0 unspecified atom stereocenters. The number of hydrogen-bond donors (Lipinski definition) is 2. The number of carbonyl (C=O) groups excluding carboxylic acids is 1. The highest BCUT2D eigenvalue weighted by Gasteiger charge is 2.12. The van der Waals surface area contributed by atoms with Gasteiger partial charge in [-0.15, -0.1) is 0 Å². The smallest absolute Gasteiger partial charge is 0.253 e. The Hall–Kier alpha value is -1.41. The molecule has 1 amide bonds. The predicted octanol–water partition coefficient (Wildman–Crippen LogP) is 2.94. The summed E-state index contributed by atoms with van der Waals surface area (Å²) < 4.78 is 26.3. The minimum Gasteiger partial charge on any atom is -0.348 e. The van der Waals surface area contributed by atoms with Crippen molar-refractivity contribution in [3.05, 3.63) is 63.1 Å². The van der Waals surface area contributed by atoms with Gasteiger partial charge in [-0.25, -0.2) is 13.1 Å². The Kier molecular flexibility index (Phi) is 5.80. The fourth-order valence-corrected chi connectivity index (χ4v) is 3.34. The molecule has 8 heteroatoms. The zero-order valence-corrected chi connectivity index (χ0v) is 15.3. The van der Waals surface area contributed by atoms with Gasteiger partial charge in [-0.2, -0.15) is 0 Å². The van der Waals surface area contributed by atoms with Crippen molar-refractivity contribution in [2.75, 3.05) is 7.05 Å². The van der Waals surface area contributed by atoms with Crippen LogP contribution in [0.15, 0.2) is 51.8 Å². The molecule has 2 aromatic rings. The third-order valence-electron chi connectivity index (χ3n) is 3.13. The summed E-state index contributed by atoms with van der Waals surface area (Å²) in [6, 6.07) is 11.3. The van der Waals surface area contributed by atoms with Gasteiger partial charge in [0.15, 0.2) is 0 Å². The molecule has 0 fully saturated rings. The lowest BCUT2D eigenvalue weighted by Crippen LogP contribution is -2.23. The van der Waals surface area contributed by atoms with Crippen LogP contribution in [0, 0.1) is 0 Å². The lowest BCUT2D eigenvalue weighted by atomic mass is 10.2. The first kappa shape index (κ1) is 17.9. The number of halogens is 2. The number of hydrogen-bond acceptors (Lipinski definition) is 3. The van der Waals surface area contributed by atoms with Crippen molar-refractivity contribution in [3.8, 4) is 0 Å². The molecule has 0 aliphatic rings. The molecule has 0 saturated heterocycles. The predicted molar refractivity (Wildman–Crippen MR) is 93.0 cm³/mol. The van der Waals surface area contributed by atoms with Gasteiger partial charge >= 0.3 is 0 Å². The Morgan fingerprint density at radius 2 is 1.83 bits per heavy atom. The van der Waals surface area contributed by atoms with E-state index in [1.807, 2.05) is 0 Å². The zero-order valence-electron chi connectivity index (χ0n) is 12.1. The highest BCUT2D eigenvalue weighted by Crippen LogP contribution is 2.21. The van der Waals surface area contributed by atoms with E-state index < -0.39 is 10.0 Å². The SMILES string of the molecule is CNS(=O)(=O)c1ccc(CNC(=O)c2ccc(Br)cc2Cl)cc1. The van der Waals surface area contributed by atoms with E-state index in [9.17, 15) is 13.2 Å². The third-order valence-corrected chi connectivity index (χ3v) is 5.37. The van der Waals surface area contributed by atoms with Crippen molar-refractivity contribution in [2.45, 2.75) is 11.4 Å². The quantitative estimate of drug-likeness (QED) is 0.785. The maximum atomic E-state index is 12.1. The van der Waals surface area contributed by atoms with Crippen LogP contribution in [0.3, 0.4) is 0 Å². The molecular weight excluding hydrogens is 404 g/mol. The summed E-state index contributed by atoms with van der Waals surface area (Å²) in [5.74, 6) is -0.297. The van der Waals surface area contributed by atoms with Crippen LogP contribution in [-0.2, 0) is 16.6 Å². The van der Waals surface area contributed by atoms with Crippen LogP contribution in [0.2, 0.25) is 5.02 Å². The van der Waals surface area contributed by atoms with E-state index in [4.69, 9.17) is 11.6 Å². The highest BCUT2D eigenvalue weighted by atomic mass is 79.9. The van der Waals surface area contributed by atoms with Crippen molar-refractivity contribution >= 4 is 43.5 Å². The summed E-state index contributed by atoms with van der Waals surface area (Å²) in [7, 11) is -2.11. The Labute approximate surface area is 148 Å². The van der Waals surface area contributed by atoms with Crippen molar-refractivity contribution < 1.29 is 13.2 Å². The minimum atomic E-state index is -3.46. The van der Waals surface area contributed by atoms with Crippen LogP contribution < -0.4 is 10.0 Å². The highest BCUT2D eigenvalue weighted by molar-refractivity contribution is 9.10. The first-order chi connectivity index (χ1) is 10.8. The van der Waals surface area contributed by atoms with E-state index in [2.05, 4.69) is 26.0 Å². The molecule has 2 aromatic carbocycles. The van der Waals surface area contributed by atoms with Crippen molar-refractivity contribution in [3.63, 3.8) is 0 Å². The van der Waals surface area contributed by atoms with Crippen LogP contribution in [-0.4, -0.2) is 21.4 Å². The summed E-state index contributed by atoms with van der Waals surface area (Å²) in [5, 5.41) is 3.10. The van der Waals surface area contributed by atoms with Gasteiger partial charge in [0.1, 0.15) is 0 Å². The van der Waals surface area contributed by atoms with E-state index in [1.165, 1.54) is 19.2 Å². The molecule has 23 heavy (non-hydrogen) atoms. The normalized spacial score (nSPS) is 11.3. The van der Waals surface area contributed by atoms with E-state index in [0.717, 1.165) is 10.0 Å². The molecule has 2 rings (SSSR count). The van der Waals surface area contributed by atoms with Crippen molar-refractivity contribution in [1.29, 1.82) is 0 Å². The fourth-order valence-electron chi connectivity index (χ4n) is 1.86. The van der Waals surface area contributed by atoms with Gasteiger partial charge in [-0.05, 0) is 42.9 Å². The van der Waals surface area contributed by atoms with Crippen LogP contribution in [0.4, 0.5) is 0 Å². The minimum absolute atomic E-state index is 0.172. The molecule has 0 heterocycles. The van der Waals surface area contributed by atoms with Gasteiger partial charge < -0.3 is 5.32 Å². The van der Waals surface area contributed by atoms with Gasteiger partial charge in [0.2, 0.25) is 10.0 Å². The standard InChI is InChI=1S/C15H14BrClN2O3S/c1-18-23(21,22)12-5-2-10(3-6-12)9-19-15(20)13-7-4-11(16)8-14(13)17/h2-8,18H,9H2,1H3,(H,19,20). The third kappa shape index (κ3) is 4.54. The second kappa shape index (κ2) is 7.44. The molecule has 0 aliphatic heterocycles. The van der Waals surface area contributed by atoms with E-state index in [0.29, 0.717) is 10.6 Å².